The maximum Gasteiger partial charge on any atom is 0.328 e. The van der Waals surface area contributed by atoms with Crippen LogP contribution in [-0.2, 0) is 18.7 Å². The van der Waals surface area contributed by atoms with Crippen molar-refractivity contribution in [2.24, 2.45) is 0 Å². The quantitative estimate of drug-likeness (QED) is 0.188. The SMILES string of the molecule is COCO[C@H](/C=C/C(=O)O)CCCCCC[C@@H](C)O[Si](C)(C)C(C)(C)C. The summed E-state index contributed by atoms with van der Waals surface area (Å²) < 4.78 is 16.8. The molecule has 0 aromatic carbocycles. The standard InChI is InChI=1S/C20H40O5Si/c1-17(25-26(6,7)20(2,3)4)12-10-8-9-11-13-18(24-16-23-5)14-15-19(21)22/h14-15,17-18H,8-13,16H2,1-7H3,(H,21,22)/b15-14+/t17-,18+/m1/s1. The van der Waals surface area contributed by atoms with Crippen molar-refractivity contribution in [3.8, 4) is 0 Å². The van der Waals surface area contributed by atoms with Crippen LogP contribution in [0.5, 0.6) is 0 Å². The Labute approximate surface area is 161 Å². The molecule has 0 aromatic heterocycles. The van der Waals surface area contributed by atoms with Crippen LogP contribution in [0.25, 0.3) is 0 Å². The van der Waals surface area contributed by atoms with E-state index >= 15 is 0 Å². The molecular formula is C20H40O5Si. The lowest BCUT2D eigenvalue weighted by molar-refractivity contribution is -0.131. The van der Waals surface area contributed by atoms with Gasteiger partial charge in [0.05, 0.1) is 6.10 Å². The van der Waals surface area contributed by atoms with Gasteiger partial charge in [-0.05, 0) is 44.0 Å². The molecule has 2 atom stereocenters. The third-order valence-electron chi connectivity index (χ3n) is 5.00. The topological polar surface area (TPSA) is 65.0 Å². The molecule has 26 heavy (non-hydrogen) atoms. The molecule has 5 nitrogen and oxygen atoms in total. The first-order chi connectivity index (χ1) is 12.0. The van der Waals surface area contributed by atoms with Crippen LogP contribution in [0.4, 0.5) is 0 Å². The predicted molar refractivity (Wildman–Crippen MR) is 109 cm³/mol. The number of rotatable bonds is 14. The van der Waals surface area contributed by atoms with Crippen molar-refractivity contribution in [3.63, 3.8) is 0 Å². The number of ether oxygens (including phenoxy) is 2. The van der Waals surface area contributed by atoms with E-state index in [1.54, 1.807) is 13.2 Å². The fraction of sp³-hybridized carbons (Fsp3) is 0.850. The molecule has 0 radical (unpaired) electrons. The van der Waals surface area contributed by atoms with Gasteiger partial charge in [-0.3, -0.25) is 0 Å². The van der Waals surface area contributed by atoms with Gasteiger partial charge < -0.3 is 19.0 Å². The van der Waals surface area contributed by atoms with Gasteiger partial charge >= 0.3 is 5.97 Å². The Morgan fingerprint density at radius 2 is 1.69 bits per heavy atom. The van der Waals surface area contributed by atoms with Crippen molar-refractivity contribution in [2.45, 2.75) is 96.6 Å². The monoisotopic (exact) mass is 388 g/mol. The summed E-state index contributed by atoms with van der Waals surface area (Å²) in [6.07, 6.45) is 9.18. The van der Waals surface area contributed by atoms with Gasteiger partial charge in [-0.15, -0.1) is 0 Å². The second-order valence-corrected chi connectivity index (χ2v) is 13.2. The molecule has 6 heteroatoms. The molecule has 0 aliphatic rings. The summed E-state index contributed by atoms with van der Waals surface area (Å²) in [5.74, 6) is -0.952. The number of hydrogen-bond donors (Lipinski definition) is 1. The van der Waals surface area contributed by atoms with Gasteiger partial charge in [0.2, 0.25) is 0 Å². The number of hydrogen-bond acceptors (Lipinski definition) is 4. The van der Waals surface area contributed by atoms with Gasteiger partial charge in [0, 0.05) is 19.3 Å². The number of carboxylic acid groups (broad SMARTS) is 1. The Balaban J connectivity index is 4.01. The van der Waals surface area contributed by atoms with Crippen molar-refractivity contribution in [3.05, 3.63) is 12.2 Å². The number of carbonyl (C=O) groups is 1. The third kappa shape index (κ3) is 11.8. The zero-order chi connectivity index (χ0) is 20.2. The molecule has 0 bridgehead atoms. The molecule has 0 saturated heterocycles. The smallest absolute Gasteiger partial charge is 0.328 e. The highest BCUT2D eigenvalue weighted by molar-refractivity contribution is 6.74. The van der Waals surface area contributed by atoms with Crippen LogP contribution < -0.4 is 0 Å². The van der Waals surface area contributed by atoms with Crippen LogP contribution in [0.1, 0.15) is 66.2 Å². The molecule has 0 unspecified atom stereocenters. The summed E-state index contributed by atoms with van der Waals surface area (Å²) in [7, 11) is -0.113. The van der Waals surface area contributed by atoms with Crippen LogP contribution in [0.2, 0.25) is 18.1 Å². The minimum absolute atomic E-state index is 0.178. The van der Waals surface area contributed by atoms with E-state index in [4.69, 9.17) is 19.0 Å². The van der Waals surface area contributed by atoms with E-state index < -0.39 is 14.3 Å². The Hall–Kier alpha value is -0.693. The van der Waals surface area contributed by atoms with E-state index in [-0.39, 0.29) is 17.9 Å². The summed E-state index contributed by atoms with van der Waals surface area (Å²) in [5.41, 5.74) is 0. The van der Waals surface area contributed by atoms with Crippen LogP contribution in [0.3, 0.4) is 0 Å². The van der Waals surface area contributed by atoms with E-state index in [0.29, 0.717) is 6.10 Å². The molecule has 0 heterocycles. The minimum Gasteiger partial charge on any atom is -0.478 e. The predicted octanol–water partition coefficient (Wildman–Crippen LogP) is 5.37. The molecule has 0 aliphatic carbocycles. The van der Waals surface area contributed by atoms with Gasteiger partial charge in [-0.25, -0.2) is 4.79 Å². The first kappa shape index (κ1) is 25.3. The summed E-state index contributed by atoms with van der Waals surface area (Å²) in [4.78, 5) is 10.6. The van der Waals surface area contributed by atoms with Crippen molar-refractivity contribution >= 4 is 14.3 Å². The maximum absolute atomic E-state index is 10.6. The van der Waals surface area contributed by atoms with Crippen molar-refractivity contribution in [1.82, 2.24) is 0 Å². The third-order valence-corrected chi connectivity index (χ3v) is 9.61. The lowest BCUT2D eigenvalue weighted by atomic mass is 10.1. The van der Waals surface area contributed by atoms with Gasteiger partial charge in [0.15, 0.2) is 8.32 Å². The highest BCUT2D eigenvalue weighted by Gasteiger charge is 2.38. The van der Waals surface area contributed by atoms with Gasteiger partial charge in [0.1, 0.15) is 6.79 Å². The summed E-state index contributed by atoms with van der Waals surface area (Å²) in [6, 6.07) is 0. The van der Waals surface area contributed by atoms with E-state index in [1.165, 1.54) is 0 Å². The summed E-state index contributed by atoms with van der Waals surface area (Å²) >= 11 is 0. The lowest BCUT2D eigenvalue weighted by Crippen LogP contribution is -2.43. The van der Waals surface area contributed by atoms with Gasteiger partial charge in [-0.1, -0.05) is 46.5 Å². The Morgan fingerprint density at radius 1 is 1.12 bits per heavy atom. The van der Waals surface area contributed by atoms with E-state index in [0.717, 1.165) is 44.6 Å². The molecule has 0 aliphatic heterocycles. The fourth-order valence-corrected chi connectivity index (χ4v) is 3.93. The number of aliphatic carboxylic acids is 1. The van der Waals surface area contributed by atoms with Crippen LogP contribution in [0.15, 0.2) is 12.2 Å². The summed E-state index contributed by atoms with van der Waals surface area (Å²) in [6.45, 7) is 13.8. The van der Waals surface area contributed by atoms with Gasteiger partial charge in [0.25, 0.3) is 0 Å². The molecular weight excluding hydrogens is 348 g/mol. The molecule has 0 rings (SSSR count). The normalized spacial score (nSPS) is 15.3. The molecule has 0 aromatic rings. The average molecular weight is 389 g/mol. The van der Waals surface area contributed by atoms with Crippen LogP contribution >= 0.6 is 0 Å². The molecule has 0 amide bonds. The molecule has 0 spiro atoms. The van der Waals surface area contributed by atoms with Crippen LogP contribution in [-0.4, -0.2) is 45.5 Å². The zero-order valence-electron chi connectivity index (χ0n) is 17.8. The summed E-state index contributed by atoms with van der Waals surface area (Å²) in [5, 5.41) is 8.98. The Morgan fingerprint density at radius 3 is 2.19 bits per heavy atom. The van der Waals surface area contributed by atoms with Crippen molar-refractivity contribution < 1.29 is 23.8 Å². The molecule has 154 valence electrons. The second-order valence-electron chi connectivity index (χ2n) is 8.49. The number of unbranched alkanes of at least 4 members (excludes halogenated alkanes) is 3. The molecule has 0 saturated carbocycles. The second kappa shape index (κ2) is 12.7. The first-order valence-corrected chi connectivity index (χ1v) is 12.6. The first-order valence-electron chi connectivity index (χ1n) is 9.69. The minimum atomic E-state index is -1.67. The van der Waals surface area contributed by atoms with E-state index in [2.05, 4.69) is 40.8 Å². The number of carboxylic acids is 1. The van der Waals surface area contributed by atoms with E-state index in [9.17, 15) is 4.79 Å². The molecule has 1 N–H and O–H groups in total. The maximum atomic E-state index is 10.6. The zero-order valence-corrected chi connectivity index (χ0v) is 18.8. The Kier molecular flexibility index (Phi) is 12.3. The number of methoxy groups -OCH3 is 1. The fourth-order valence-electron chi connectivity index (χ4n) is 2.45. The van der Waals surface area contributed by atoms with Crippen molar-refractivity contribution in [2.75, 3.05) is 13.9 Å². The van der Waals surface area contributed by atoms with Gasteiger partial charge in [-0.2, -0.15) is 0 Å². The van der Waals surface area contributed by atoms with E-state index in [1.807, 2.05) is 0 Å². The average Bonchev–Trinajstić information content (AvgIpc) is 2.50. The molecule has 0 fully saturated rings. The van der Waals surface area contributed by atoms with Crippen molar-refractivity contribution in [1.29, 1.82) is 0 Å². The van der Waals surface area contributed by atoms with Crippen LogP contribution in [0, 0.1) is 0 Å². The highest BCUT2D eigenvalue weighted by atomic mass is 28.4. The lowest BCUT2D eigenvalue weighted by Gasteiger charge is -2.38. The largest absolute Gasteiger partial charge is 0.478 e. The Bertz CT molecular complexity index is 415. The highest BCUT2D eigenvalue weighted by Crippen LogP contribution is 2.37.